The Bertz CT molecular complexity index is 812. The molecule has 156 valence electrons. The molecule has 2 aromatic rings. The molecule has 2 aliphatic heterocycles. The van der Waals surface area contributed by atoms with Crippen molar-refractivity contribution in [3.63, 3.8) is 0 Å². The number of methoxy groups -OCH3 is 1. The summed E-state index contributed by atoms with van der Waals surface area (Å²) < 4.78 is 20.8. The molecule has 0 aromatic heterocycles. The lowest BCUT2D eigenvalue weighted by molar-refractivity contribution is 0.138. The Morgan fingerprint density at radius 3 is 2.55 bits per heavy atom. The van der Waals surface area contributed by atoms with Crippen LogP contribution in [-0.2, 0) is 0 Å². The predicted molar refractivity (Wildman–Crippen MR) is 115 cm³/mol. The summed E-state index contributed by atoms with van der Waals surface area (Å²) >= 11 is 1.71. The first-order chi connectivity index (χ1) is 14.1. The minimum absolute atomic E-state index is 0.186. The van der Waals surface area contributed by atoms with Gasteiger partial charge in [0.1, 0.15) is 11.6 Å². The Morgan fingerprint density at radius 1 is 1.07 bits per heavy atom. The number of benzene rings is 2. The largest absolute Gasteiger partial charge is 0.496 e. The Kier molecular flexibility index (Phi) is 6.60. The number of halogens is 1. The van der Waals surface area contributed by atoms with Crippen molar-refractivity contribution in [3.8, 4) is 5.75 Å². The third-order valence-electron chi connectivity index (χ3n) is 5.63. The maximum atomic E-state index is 13.1. The molecule has 0 spiro atoms. The van der Waals surface area contributed by atoms with Gasteiger partial charge in [0.05, 0.1) is 13.2 Å². The van der Waals surface area contributed by atoms with Crippen LogP contribution in [0.15, 0.2) is 47.4 Å². The fraction of sp³-hybridized carbons (Fsp3) is 0.455. The van der Waals surface area contributed by atoms with E-state index >= 15 is 0 Å². The molecule has 1 N–H and O–H groups in total. The molecule has 0 aliphatic carbocycles. The average molecular weight is 418 g/mol. The second-order valence-corrected chi connectivity index (χ2v) is 8.66. The summed E-state index contributed by atoms with van der Waals surface area (Å²) in [5.74, 6) is 0.579. The molecule has 2 aliphatic rings. The number of rotatable bonds is 6. The zero-order valence-electron chi connectivity index (χ0n) is 16.8. The maximum absolute atomic E-state index is 13.1. The number of hydrogen-bond acceptors (Lipinski definition) is 6. The van der Waals surface area contributed by atoms with E-state index in [0.29, 0.717) is 6.54 Å². The van der Waals surface area contributed by atoms with Gasteiger partial charge in [-0.15, -0.1) is 0 Å². The van der Waals surface area contributed by atoms with Crippen LogP contribution in [0.4, 0.5) is 10.1 Å². The number of anilines is 1. The molecule has 5 nitrogen and oxygen atoms in total. The predicted octanol–water partition coefficient (Wildman–Crippen LogP) is 3.40. The van der Waals surface area contributed by atoms with E-state index in [1.807, 2.05) is 30.3 Å². The normalized spacial score (nSPS) is 20.5. The molecule has 7 heteroatoms. The van der Waals surface area contributed by atoms with Gasteiger partial charge in [-0.1, -0.05) is 6.07 Å². The van der Waals surface area contributed by atoms with Gasteiger partial charge in [-0.25, -0.2) is 8.70 Å². The third kappa shape index (κ3) is 4.86. The van der Waals surface area contributed by atoms with E-state index in [-0.39, 0.29) is 5.82 Å². The molecule has 4 rings (SSSR count). The highest BCUT2D eigenvalue weighted by molar-refractivity contribution is 7.97. The molecular formula is C22H28FN3O2S. The quantitative estimate of drug-likeness (QED) is 0.727. The summed E-state index contributed by atoms with van der Waals surface area (Å²) in [5.41, 5.74) is 2.01. The monoisotopic (exact) mass is 417 g/mol. The molecule has 0 bridgehead atoms. The summed E-state index contributed by atoms with van der Waals surface area (Å²) in [6.45, 7) is 6.59. The molecule has 2 aromatic carbocycles. The van der Waals surface area contributed by atoms with Gasteiger partial charge in [-0.2, -0.15) is 0 Å². The van der Waals surface area contributed by atoms with Crippen molar-refractivity contribution in [2.45, 2.75) is 17.4 Å². The van der Waals surface area contributed by atoms with Crippen molar-refractivity contribution in [2.24, 2.45) is 0 Å². The van der Waals surface area contributed by atoms with Gasteiger partial charge >= 0.3 is 0 Å². The molecule has 1 unspecified atom stereocenters. The number of aliphatic hydroxyl groups excluding tert-OH is 1. The lowest BCUT2D eigenvalue weighted by Gasteiger charge is -2.37. The first-order valence-electron chi connectivity index (χ1n) is 10.1. The lowest BCUT2D eigenvalue weighted by Crippen LogP contribution is -2.47. The molecule has 0 amide bonds. The van der Waals surface area contributed by atoms with Crippen molar-refractivity contribution in [2.75, 3.05) is 57.8 Å². The van der Waals surface area contributed by atoms with E-state index in [9.17, 15) is 9.50 Å². The molecule has 1 atom stereocenters. The van der Waals surface area contributed by atoms with E-state index in [1.165, 1.54) is 12.1 Å². The van der Waals surface area contributed by atoms with Gasteiger partial charge in [-0.3, -0.25) is 4.90 Å². The first-order valence-corrected chi connectivity index (χ1v) is 10.9. The van der Waals surface area contributed by atoms with Crippen molar-refractivity contribution in [3.05, 3.63) is 53.8 Å². The van der Waals surface area contributed by atoms with Gasteiger partial charge in [0.25, 0.3) is 0 Å². The van der Waals surface area contributed by atoms with E-state index in [0.717, 1.165) is 67.6 Å². The van der Waals surface area contributed by atoms with E-state index in [4.69, 9.17) is 4.74 Å². The van der Waals surface area contributed by atoms with Crippen LogP contribution in [0, 0.1) is 5.82 Å². The first kappa shape index (κ1) is 20.5. The molecule has 0 radical (unpaired) electrons. The van der Waals surface area contributed by atoms with Crippen LogP contribution in [0.1, 0.15) is 18.1 Å². The van der Waals surface area contributed by atoms with E-state index in [1.54, 1.807) is 19.1 Å². The number of aliphatic hydroxyl groups is 1. The minimum Gasteiger partial charge on any atom is -0.496 e. The van der Waals surface area contributed by atoms with E-state index < -0.39 is 6.10 Å². The third-order valence-corrected chi connectivity index (χ3v) is 6.77. The summed E-state index contributed by atoms with van der Waals surface area (Å²) in [4.78, 5) is 5.88. The number of nitrogens with zero attached hydrogens (tertiary/aromatic N) is 3. The Hall–Kier alpha value is -1.80. The fourth-order valence-corrected chi connectivity index (χ4v) is 5.25. The minimum atomic E-state index is -0.512. The molecule has 29 heavy (non-hydrogen) atoms. The van der Waals surface area contributed by atoms with Crippen molar-refractivity contribution < 1.29 is 14.2 Å². The Balaban J connectivity index is 1.23. The van der Waals surface area contributed by atoms with Gasteiger partial charge in [0, 0.05) is 55.4 Å². The molecule has 0 saturated carbocycles. The fourth-order valence-electron chi connectivity index (χ4n) is 4.06. The van der Waals surface area contributed by atoms with Gasteiger partial charge in [0.2, 0.25) is 0 Å². The number of fused-ring (bicyclic) bond motifs is 1. The van der Waals surface area contributed by atoms with Crippen molar-refractivity contribution in [1.82, 2.24) is 9.21 Å². The highest BCUT2D eigenvalue weighted by Gasteiger charge is 2.27. The van der Waals surface area contributed by atoms with Gasteiger partial charge in [-0.05, 0) is 61.3 Å². The summed E-state index contributed by atoms with van der Waals surface area (Å²) in [6.07, 6.45) is 0.553. The van der Waals surface area contributed by atoms with Crippen LogP contribution in [0.2, 0.25) is 0 Å². The van der Waals surface area contributed by atoms with Crippen LogP contribution >= 0.6 is 11.9 Å². The number of hydrogen-bond donors (Lipinski definition) is 1. The second kappa shape index (κ2) is 9.34. The van der Waals surface area contributed by atoms with Crippen LogP contribution < -0.4 is 9.64 Å². The number of ether oxygens (including phenoxy) is 1. The van der Waals surface area contributed by atoms with Crippen LogP contribution in [0.3, 0.4) is 0 Å². The Labute approximate surface area is 176 Å². The van der Waals surface area contributed by atoms with Crippen molar-refractivity contribution >= 4 is 17.6 Å². The van der Waals surface area contributed by atoms with Gasteiger partial charge < -0.3 is 14.7 Å². The average Bonchev–Trinajstić information content (AvgIpc) is 2.74. The zero-order valence-corrected chi connectivity index (χ0v) is 17.6. The summed E-state index contributed by atoms with van der Waals surface area (Å²) in [7, 11) is 1.65. The second-order valence-electron chi connectivity index (χ2n) is 7.53. The van der Waals surface area contributed by atoms with Gasteiger partial charge in [0.15, 0.2) is 0 Å². The molecule has 1 saturated heterocycles. The Morgan fingerprint density at radius 2 is 1.83 bits per heavy atom. The van der Waals surface area contributed by atoms with Crippen molar-refractivity contribution in [1.29, 1.82) is 0 Å². The highest BCUT2D eigenvalue weighted by atomic mass is 32.2. The molecule has 1 fully saturated rings. The smallest absolute Gasteiger partial charge is 0.125 e. The highest BCUT2D eigenvalue weighted by Crippen LogP contribution is 2.41. The van der Waals surface area contributed by atoms with Crippen LogP contribution in [0.5, 0.6) is 5.75 Å². The summed E-state index contributed by atoms with van der Waals surface area (Å²) in [6, 6.07) is 12.7. The molecular weight excluding hydrogens is 389 g/mol. The standard InChI is InChI=1S/C22H28FN3O2S/c1-28-20-4-2-5-21-22(20)19(27)16-26(29-21)11-3-10-24-12-14-25(15-13-24)18-8-6-17(23)7-9-18/h2,4-9,19,27H,3,10-16H2,1H3. The summed E-state index contributed by atoms with van der Waals surface area (Å²) in [5, 5.41) is 10.6. The number of β-amino-alcohol motifs (C(OH)–C–C–N with tert-alkyl or cyclic N) is 1. The number of piperazine rings is 1. The SMILES string of the molecule is COc1cccc2c1C(O)CN(CCCN1CCN(c3ccc(F)cc3)CC1)S2. The van der Waals surface area contributed by atoms with Crippen LogP contribution in [-0.4, -0.2) is 67.2 Å². The topological polar surface area (TPSA) is 39.2 Å². The lowest BCUT2D eigenvalue weighted by atomic mass is 10.1. The zero-order chi connectivity index (χ0) is 20.2. The molecule has 2 heterocycles. The van der Waals surface area contributed by atoms with Crippen LogP contribution in [0.25, 0.3) is 0 Å². The maximum Gasteiger partial charge on any atom is 0.125 e. The van der Waals surface area contributed by atoms with E-state index in [2.05, 4.69) is 14.1 Å².